The van der Waals surface area contributed by atoms with Crippen molar-refractivity contribution in [3.8, 4) is 0 Å². The van der Waals surface area contributed by atoms with Gasteiger partial charge in [-0.15, -0.1) is 0 Å². The maximum atomic E-state index is 11.8. The summed E-state index contributed by atoms with van der Waals surface area (Å²) in [6.45, 7) is 4.65. The second-order valence-electron chi connectivity index (χ2n) is 1.39. The van der Waals surface area contributed by atoms with E-state index in [0.717, 1.165) is 0 Å². The van der Waals surface area contributed by atoms with Gasteiger partial charge in [0.2, 0.25) is 0 Å². The monoisotopic (exact) mass is 90.1 g/mol. The van der Waals surface area contributed by atoms with Gasteiger partial charge in [-0.05, 0) is 13.3 Å². The Morgan fingerprint density at radius 3 is 2.17 bits per heavy atom. The summed E-state index contributed by atoms with van der Waals surface area (Å²) in [7, 11) is 0. The molecule has 1 unspecified atom stereocenters. The molecule has 0 rings (SSSR count). The van der Waals surface area contributed by atoms with E-state index in [0.29, 0.717) is 0 Å². The van der Waals surface area contributed by atoms with E-state index < -0.39 is 5.79 Å². The van der Waals surface area contributed by atoms with Crippen molar-refractivity contribution in [3.05, 3.63) is 6.92 Å². The lowest BCUT2D eigenvalue weighted by molar-refractivity contribution is 0.229. The molecule has 0 aliphatic heterocycles. The Hall–Kier alpha value is -0.110. The van der Waals surface area contributed by atoms with Gasteiger partial charge in [0, 0.05) is 0 Å². The van der Waals surface area contributed by atoms with E-state index in [1.165, 1.54) is 0 Å². The van der Waals surface area contributed by atoms with Gasteiger partial charge in [-0.2, -0.15) is 0 Å². The SMILES string of the molecule is [CH2]C(N)(F)CC. The molecule has 1 atom stereocenters. The van der Waals surface area contributed by atoms with Gasteiger partial charge in [0.15, 0.2) is 5.79 Å². The predicted octanol–water partition coefficient (Wildman–Crippen LogP) is 0.855. The van der Waals surface area contributed by atoms with Gasteiger partial charge < -0.3 is 0 Å². The number of nitrogens with two attached hydrogens (primary N) is 1. The third-order valence-electron chi connectivity index (χ3n) is 0.588. The molecular weight excluding hydrogens is 81.0 g/mol. The predicted molar refractivity (Wildman–Crippen MR) is 23.7 cm³/mol. The van der Waals surface area contributed by atoms with Crippen LogP contribution in [0.4, 0.5) is 4.39 Å². The maximum Gasteiger partial charge on any atom is 0.159 e. The number of hydrogen-bond acceptors (Lipinski definition) is 1. The standard InChI is InChI=1S/C4H9FN/c1-3-4(2,5)6/h2-3,6H2,1H3. The van der Waals surface area contributed by atoms with Crippen LogP contribution < -0.4 is 5.73 Å². The number of halogens is 1. The van der Waals surface area contributed by atoms with E-state index >= 15 is 0 Å². The fourth-order valence-electron chi connectivity index (χ4n) is 0. The summed E-state index contributed by atoms with van der Waals surface area (Å²) in [5.41, 5.74) is 4.76. The number of hydrogen-bond donors (Lipinski definition) is 1. The molecule has 1 radical (unpaired) electrons. The molecule has 0 saturated heterocycles. The van der Waals surface area contributed by atoms with Crippen LogP contribution in [0.25, 0.3) is 0 Å². The van der Waals surface area contributed by atoms with Crippen molar-refractivity contribution in [2.75, 3.05) is 0 Å². The quantitative estimate of drug-likeness (QED) is 0.475. The average molecular weight is 90.1 g/mol. The molecule has 1 nitrogen and oxygen atoms in total. The Morgan fingerprint density at radius 1 is 2.00 bits per heavy atom. The minimum absolute atomic E-state index is 0.271. The molecule has 0 aromatic heterocycles. The van der Waals surface area contributed by atoms with Crippen LogP contribution in [0.5, 0.6) is 0 Å². The summed E-state index contributed by atoms with van der Waals surface area (Å²) in [6.07, 6.45) is 0.271. The number of alkyl halides is 1. The van der Waals surface area contributed by atoms with Gasteiger partial charge in [0.1, 0.15) is 0 Å². The molecule has 0 saturated carbocycles. The van der Waals surface area contributed by atoms with E-state index in [4.69, 9.17) is 5.73 Å². The lowest BCUT2D eigenvalue weighted by Gasteiger charge is -2.07. The van der Waals surface area contributed by atoms with E-state index in [-0.39, 0.29) is 6.42 Å². The first-order chi connectivity index (χ1) is 2.56. The highest BCUT2D eigenvalue weighted by Gasteiger charge is 2.10. The molecule has 0 aromatic rings. The molecule has 0 bridgehead atoms. The highest BCUT2D eigenvalue weighted by atomic mass is 19.1. The zero-order valence-corrected chi connectivity index (χ0v) is 3.87. The van der Waals surface area contributed by atoms with Crippen molar-refractivity contribution in [2.45, 2.75) is 19.1 Å². The van der Waals surface area contributed by atoms with Crippen LogP contribution in [0.2, 0.25) is 0 Å². The van der Waals surface area contributed by atoms with E-state index in [1.807, 2.05) is 0 Å². The molecule has 6 heavy (non-hydrogen) atoms. The van der Waals surface area contributed by atoms with E-state index in [2.05, 4.69) is 6.92 Å². The average Bonchev–Trinajstić information content (AvgIpc) is 1.35. The van der Waals surface area contributed by atoms with Crippen molar-refractivity contribution in [1.82, 2.24) is 0 Å². The molecule has 0 aliphatic carbocycles. The van der Waals surface area contributed by atoms with Gasteiger partial charge in [-0.25, -0.2) is 4.39 Å². The van der Waals surface area contributed by atoms with Gasteiger partial charge in [0.25, 0.3) is 0 Å². The Labute approximate surface area is 37.3 Å². The highest BCUT2D eigenvalue weighted by molar-refractivity contribution is 4.69. The van der Waals surface area contributed by atoms with Crippen molar-refractivity contribution >= 4 is 0 Å². The zero-order valence-electron chi connectivity index (χ0n) is 3.87. The summed E-state index contributed by atoms with van der Waals surface area (Å²) >= 11 is 0. The third-order valence-corrected chi connectivity index (χ3v) is 0.588. The van der Waals surface area contributed by atoms with Gasteiger partial charge in [0.05, 0.1) is 0 Å². The van der Waals surface area contributed by atoms with Crippen LogP contribution in [0.15, 0.2) is 0 Å². The van der Waals surface area contributed by atoms with Crippen molar-refractivity contribution in [2.24, 2.45) is 5.73 Å². The molecule has 2 heteroatoms. The highest BCUT2D eigenvalue weighted by Crippen LogP contribution is 2.02. The van der Waals surface area contributed by atoms with Crippen LogP contribution in [0, 0.1) is 6.92 Å². The Bertz CT molecular complexity index is 37.3. The van der Waals surface area contributed by atoms with Gasteiger partial charge in [-0.1, -0.05) is 6.92 Å². The lowest BCUT2D eigenvalue weighted by atomic mass is 10.2. The summed E-state index contributed by atoms with van der Waals surface area (Å²) in [5, 5.41) is 0. The van der Waals surface area contributed by atoms with Crippen molar-refractivity contribution < 1.29 is 4.39 Å². The first kappa shape index (κ1) is 5.89. The van der Waals surface area contributed by atoms with Crippen LogP contribution in [-0.4, -0.2) is 5.79 Å². The Balaban J connectivity index is 3.17. The Kier molecular flexibility index (Phi) is 1.53. The van der Waals surface area contributed by atoms with Gasteiger partial charge >= 0.3 is 0 Å². The second kappa shape index (κ2) is 1.56. The lowest BCUT2D eigenvalue weighted by Crippen LogP contribution is -2.28. The smallest absolute Gasteiger partial charge is 0.159 e. The topological polar surface area (TPSA) is 26.0 Å². The zero-order chi connectivity index (χ0) is 5.21. The third kappa shape index (κ3) is 3.89. The fourth-order valence-corrected chi connectivity index (χ4v) is 0. The maximum absolute atomic E-state index is 11.8. The molecule has 37 valence electrons. The largest absolute Gasteiger partial charge is 0.299 e. The molecule has 0 amide bonds. The summed E-state index contributed by atoms with van der Waals surface area (Å²) < 4.78 is 11.8. The summed E-state index contributed by atoms with van der Waals surface area (Å²) in [5.74, 6) is -1.71. The van der Waals surface area contributed by atoms with E-state index in [1.54, 1.807) is 6.92 Å². The molecule has 0 aliphatic rings. The normalized spacial score (nSPS) is 20.0. The molecular formula is C4H9FN. The molecule has 0 spiro atoms. The van der Waals surface area contributed by atoms with Gasteiger partial charge in [-0.3, -0.25) is 5.73 Å². The molecule has 0 fully saturated rings. The van der Waals surface area contributed by atoms with Crippen LogP contribution >= 0.6 is 0 Å². The first-order valence-electron chi connectivity index (χ1n) is 1.89. The fraction of sp³-hybridized carbons (Fsp3) is 0.750. The molecule has 2 N–H and O–H groups in total. The van der Waals surface area contributed by atoms with E-state index in [9.17, 15) is 4.39 Å². The molecule has 0 aromatic carbocycles. The minimum Gasteiger partial charge on any atom is -0.299 e. The Morgan fingerprint density at radius 2 is 2.17 bits per heavy atom. The first-order valence-corrected chi connectivity index (χ1v) is 1.89. The summed E-state index contributed by atoms with van der Waals surface area (Å²) in [4.78, 5) is 0. The minimum atomic E-state index is -1.71. The second-order valence-corrected chi connectivity index (χ2v) is 1.39. The van der Waals surface area contributed by atoms with Crippen LogP contribution in [0.1, 0.15) is 13.3 Å². The number of rotatable bonds is 1. The van der Waals surface area contributed by atoms with Crippen molar-refractivity contribution in [1.29, 1.82) is 0 Å². The van der Waals surface area contributed by atoms with Crippen LogP contribution in [-0.2, 0) is 0 Å². The summed E-state index contributed by atoms with van der Waals surface area (Å²) in [6, 6.07) is 0. The molecule has 0 heterocycles. The van der Waals surface area contributed by atoms with Crippen LogP contribution in [0.3, 0.4) is 0 Å². The van der Waals surface area contributed by atoms with Crippen molar-refractivity contribution in [3.63, 3.8) is 0 Å².